The first-order valence-corrected chi connectivity index (χ1v) is 2.78. The summed E-state index contributed by atoms with van der Waals surface area (Å²) in [5.74, 6) is -1.75. The summed E-state index contributed by atoms with van der Waals surface area (Å²) in [6.45, 7) is 0. The lowest BCUT2D eigenvalue weighted by atomic mass is 10.2. The van der Waals surface area contributed by atoms with Gasteiger partial charge < -0.3 is 15.3 Å². The summed E-state index contributed by atoms with van der Waals surface area (Å²) in [7, 11) is 0. The smallest absolute Gasteiger partial charge is 0.335 e. The molecule has 5 heteroatoms. The molecule has 0 saturated heterocycles. The first-order valence-electron chi connectivity index (χ1n) is 2.24. The van der Waals surface area contributed by atoms with Crippen molar-refractivity contribution < 1.29 is 20.1 Å². The van der Waals surface area contributed by atoms with Gasteiger partial charge in [-0.15, -0.1) is 11.6 Å². The zero-order valence-electron chi connectivity index (χ0n) is 4.49. The van der Waals surface area contributed by atoms with Crippen LogP contribution >= 0.6 is 11.6 Å². The number of halogens is 1. The maximum absolute atomic E-state index is 9.83. The van der Waals surface area contributed by atoms with E-state index in [9.17, 15) is 4.79 Å². The molecule has 0 saturated carbocycles. The van der Waals surface area contributed by atoms with Crippen LogP contribution in [0.2, 0.25) is 0 Å². The molecule has 3 N–H and O–H groups in total. The van der Waals surface area contributed by atoms with E-state index in [1.54, 1.807) is 0 Å². The molecule has 0 aromatic heterocycles. The third-order valence-electron chi connectivity index (χ3n) is 0.776. The van der Waals surface area contributed by atoms with Crippen molar-refractivity contribution in [1.29, 1.82) is 0 Å². The lowest BCUT2D eigenvalue weighted by Crippen LogP contribution is -2.34. The monoisotopic (exact) mass is 154 g/mol. The number of aliphatic hydroxyl groups is 2. The maximum Gasteiger partial charge on any atom is 0.335 e. The Morgan fingerprint density at radius 3 is 2.11 bits per heavy atom. The lowest BCUT2D eigenvalue weighted by molar-refractivity contribution is -0.151. The van der Waals surface area contributed by atoms with E-state index in [0.717, 1.165) is 0 Å². The average Bonchev–Trinajstić information content (AvgIpc) is 1.84. The highest BCUT2D eigenvalue weighted by molar-refractivity contribution is 6.18. The molecule has 0 aliphatic carbocycles. The number of carboxylic acids is 1. The van der Waals surface area contributed by atoms with Crippen LogP contribution in [0.1, 0.15) is 0 Å². The summed E-state index contributed by atoms with van der Waals surface area (Å²) < 4.78 is 0. The van der Waals surface area contributed by atoms with Gasteiger partial charge in [0.15, 0.2) is 6.10 Å². The number of aliphatic hydroxyl groups excluding tert-OH is 2. The van der Waals surface area contributed by atoms with Crippen LogP contribution in [-0.2, 0) is 4.79 Å². The van der Waals surface area contributed by atoms with Gasteiger partial charge in [0.2, 0.25) is 0 Å². The summed E-state index contributed by atoms with van der Waals surface area (Å²) in [4.78, 5) is 9.83. The molecule has 0 aliphatic rings. The highest BCUT2D eigenvalue weighted by atomic mass is 35.5. The summed E-state index contributed by atoms with van der Waals surface area (Å²) in [6.07, 6.45) is -3.16. The quantitative estimate of drug-likeness (QED) is 0.457. The molecule has 0 unspecified atom stereocenters. The molecule has 0 heterocycles. The number of hydrogen-bond acceptors (Lipinski definition) is 3. The summed E-state index contributed by atoms with van der Waals surface area (Å²) in [5, 5.41) is 25.0. The zero-order chi connectivity index (χ0) is 7.44. The van der Waals surface area contributed by atoms with Crippen molar-refractivity contribution in [3.8, 4) is 0 Å². The molecule has 0 aliphatic heterocycles. The molecule has 0 fully saturated rings. The molecule has 2 atom stereocenters. The predicted molar refractivity (Wildman–Crippen MR) is 30.4 cm³/mol. The Kier molecular flexibility index (Phi) is 3.53. The fourth-order valence-corrected chi connectivity index (χ4v) is 0.418. The molecule has 0 aromatic carbocycles. The van der Waals surface area contributed by atoms with Crippen LogP contribution in [0.5, 0.6) is 0 Å². The van der Waals surface area contributed by atoms with Gasteiger partial charge in [-0.1, -0.05) is 0 Å². The molecule has 0 amide bonds. The van der Waals surface area contributed by atoms with Crippen molar-refractivity contribution in [2.75, 3.05) is 5.88 Å². The molecule has 9 heavy (non-hydrogen) atoms. The fourth-order valence-electron chi connectivity index (χ4n) is 0.249. The number of carboxylic acid groups (broad SMARTS) is 1. The van der Waals surface area contributed by atoms with Gasteiger partial charge in [0.05, 0.1) is 5.88 Å². The summed E-state index contributed by atoms with van der Waals surface area (Å²) >= 11 is 5.02. The van der Waals surface area contributed by atoms with E-state index < -0.39 is 18.2 Å². The second-order valence-corrected chi connectivity index (χ2v) is 1.81. The van der Waals surface area contributed by atoms with E-state index in [2.05, 4.69) is 0 Å². The number of hydrogen-bond donors (Lipinski definition) is 3. The van der Waals surface area contributed by atoms with Crippen LogP contribution < -0.4 is 0 Å². The van der Waals surface area contributed by atoms with Crippen LogP contribution in [0.15, 0.2) is 0 Å². The molecular formula is C4H7ClO4. The molecule has 0 spiro atoms. The predicted octanol–water partition coefficient (Wildman–Crippen LogP) is -0.968. The minimum absolute atomic E-state index is 0.284. The van der Waals surface area contributed by atoms with Crippen LogP contribution in [0.3, 0.4) is 0 Å². The third-order valence-corrected chi connectivity index (χ3v) is 1.09. The molecule has 4 nitrogen and oxygen atoms in total. The maximum atomic E-state index is 9.83. The molecule has 0 rings (SSSR count). The van der Waals surface area contributed by atoms with Gasteiger partial charge in [0.25, 0.3) is 0 Å². The first-order chi connectivity index (χ1) is 4.09. The third kappa shape index (κ3) is 2.64. The van der Waals surface area contributed by atoms with Gasteiger partial charge in [-0.05, 0) is 0 Å². The number of rotatable bonds is 3. The van der Waals surface area contributed by atoms with E-state index in [-0.39, 0.29) is 5.88 Å². The first kappa shape index (κ1) is 8.68. The highest BCUT2D eigenvalue weighted by Crippen LogP contribution is 1.95. The van der Waals surface area contributed by atoms with Crippen LogP contribution in [0.25, 0.3) is 0 Å². The molecule has 54 valence electrons. The summed E-state index contributed by atoms with van der Waals surface area (Å²) in [6, 6.07) is 0. The van der Waals surface area contributed by atoms with E-state index in [0.29, 0.717) is 0 Å². The SMILES string of the molecule is O=C(O)[C@H](O)[C@@H](O)CCl. The van der Waals surface area contributed by atoms with Crippen LogP contribution in [-0.4, -0.2) is 39.4 Å². The van der Waals surface area contributed by atoms with Gasteiger partial charge in [-0.2, -0.15) is 0 Å². The van der Waals surface area contributed by atoms with Crippen molar-refractivity contribution in [3.05, 3.63) is 0 Å². The molecule has 0 radical (unpaired) electrons. The van der Waals surface area contributed by atoms with Crippen LogP contribution in [0.4, 0.5) is 0 Å². The largest absolute Gasteiger partial charge is 0.479 e. The van der Waals surface area contributed by atoms with E-state index in [4.69, 9.17) is 26.9 Å². The van der Waals surface area contributed by atoms with Gasteiger partial charge in [-0.25, -0.2) is 4.79 Å². The summed E-state index contributed by atoms with van der Waals surface area (Å²) in [5.41, 5.74) is 0. The van der Waals surface area contributed by atoms with Crippen LogP contribution in [0, 0.1) is 0 Å². The minimum atomic E-state index is -1.78. The highest BCUT2D eigenvalue weighted by Gasteiger charge is 2.21. The Bertz CT molecular complexity index is 105. The van der Waals surface area contributed by atoms with E-state index in [1.807, 2.05) is 0 Å². The second kappa shape index (κ2) is 3.66. The van der Waals surface area contributed by atoms with Crippen molar-refractivity contribution in [1.82, 2.24) is 0 Å². The number of aliphatic carboxylic acids is 1. The number of alkyl halides is 1. The van der Waals surface area contributed by atoms with Crippen molar-refractivity contribution in [2.45, 2.75) is 12.2 Å². The topological polar surface area (TPSA) is 77.8 Å². The standard InChI is InChI=1S/C4H7ClO4/c5-1-2(6)3(7)4(8)9/h2-3,6-7H,1H2,(H,8,9)/t2-,3+/m0/s1. The Hall–Kier alpha value is -0.320. The van der Waals surface area contributed by atoms with E-state index in [1.165, 1.54) is 0 Å². The molecule has 0 aromatic rings. The lowest BCUT2D eigenvalue weighted by Gasteiger charge is -2.08. The van der Waals surface area contributed by atoms with Gasteiger partial charge >= 0.3 is 5.97 Å². The minimum Gasteiger partial charge on any atom is -0.479 e. The van der Waals surface area contributed by atoms with Gasteiger partial charge in [0, 0.05) is 0 Å². The Morgan fingerprint density at radius 1 is 1.56 bits per heavy atom. The average molecular weight is 155 g/mol. The van der Waals surface area contributed by atoms with Crippen molar-refractivity contribution in [2.24, 2.45) is 0 Å². The van der Waals surface area contributed by atoms with Crippen molar-refractivity contribution in [3.63, 3.8) is 0 Å². The second-order valence-electron chi connectivity index (χ2n) is 1.50. The van der Waals surface area contributed by atoms with Gasteiger partial charge in [0.1, 0.15) is 6.10 Å². The Balaban J connectivity index is 3.72. The van der Waals surface area contributed by atoms with Crippen molar-refractivity contribution >= 4 is 17.6 Å². The Morgan fingerprint density at radius 2 is 2.00 bits per heavy atom. The Labute approximate surface area is 56.7 Å². The molecular weight excluding hydrogens is 147 g/mol. The normalized spacial score (nSPS) is 16.8. The van der Waals surface area contributed by atoms with E-state index >= 15 is 0 Å². The zero-order valence-corrected chi connectivity index (χ0v) is 5.25. The fraction of sp³-hybridized carbons (Fsp3) is 0.750. The number of carbonyl (C=O) groups is 1. The van der Waals surface area contributed by atoms with Gasteiger partial charge in [-0.3, -0.25) is 0 Å². The molecule has 0 bridgehead atoms.